The van der Waals surface area contributed by atoms with Crippen molar-refractivity contribution < 1.29 is 4.74 Å². The van der Waals surface area contributed by atoms with Gasteiger partial charge in [0.25, 0.3) is 0 Å². The third kappa shape index (κ3) is 2.73. The third-order valence-electron chi connectivity index (χ3n) is 1.82. The molecule has 0 bridgehead atoms. The number of anilines is 1. The minimum absolute atomic E-state index is 0.106. The van der Waals surface area contributed by atoms with Gasteiger partial charge in [-0.2, -0.15) is 4.98 Å². The molecule has 2 heterocycles. The van der Waals surface area contributed by atoms with Gasteiger partial charge in [0.2, 0.25) is 11.8 Å². The lowest BCUT2D eigenvalue weighted by atomic mass is 10.5. The second-order valence-corrected chi connectivity index (χ2v) is 3.59. The van der Waals surface area contributed by atoms with Gasteiger partial charge in [0.15, 0.2) is 0 Å². The van der Waals surface area contributed by atoms with E-state index in [0.29, 0.717) is 11.8 Å². The SMILES string of the molecule is CC(C)Oc1ccnc(Nn2cccc2)n1. The van der Waals surface area contributed by atoms with Gasteiger partial charge in [0.1, 0.15) is 0 Å². The molecule has 0 aliphatic rings. The van der Waals surface area contributed by atoms with Crippen molar-refractivity contribution >= 4 is 5.95 Å². The van der Waals surface area contributed by atoms with Gasteiger partial charge in [-0.1, -0.05) is 0 Å². The molecule has 2 aromatic rings. The third-order valence-corrected chi connectivity index (χ3v) is 1.82. The van der Waals surface area contributed by atoms with Gasteiger partial charge in [-0.3, -0.25) is 10.1 Å². The van der Waals surface area contributed by atoms with Gasteiger partial charge in [-0.25, -0.2) is 4.98 Å². The van der Waals surface area contributed by atoms with E-state index in [1.807, 2.05) is 38.4 Å². The lowest BCUT2D eigenvalue weighted by Crippen LogP contribution is -2.11. The maximum atomic E-state index is 5.47. The summed E-state index contributed by atoms with van der Waals surface area (Å²) in [6.45, 7) is 3.92. The number of hydrogen-bond donors (Lipinski definition) is 1. The summed E-state index contributed by atoms with van der Waals surface area (Å²) in [7, 11) is 0. The van der Waals surface area contributed by atoms with Gasteiger partial charge < -0.3 is 4.74 Å². The van der Waals surface area contributed by atoms with Crippen LogP contribution in [0, 0.1) is 0 Å². The smallest absolute Gasteiger partial charge is 0.245 e. The number of hydrogen-bond acceptors (Lipinski definition) is 4. The molecule has 16 heavy (non-hydrogen) atoms. The summed E-state index contributed by atoms with van der Waals surface area (Å²) in [6.07, 6.45) is 5.52. The van der Waals surface area contributed by atoms with Crippen molar-refractivity contribution in [2.24, 2.45) is 0 Å². The minimum Gasteiger partial charge on any atom is -0.475 e. The summed E-state index contributed by atoms with van der Waals surface area (Å²) >= 11 is 0. The molecule has 0 fully saturated rings. The molecular formula is C11H14N4O. The zero-order chi connectivity index (χ0) is 11.4. The standard InChI is InChI=1S/C11H14N4O/c1-9(2)16-10-5-6-12-11(13-10)14-15-7-3-4-8-15/h3-9H,1-2H3,(H,12,13,14). The monoisotopic (exact) mass is 218 g/mol. The fourth-order valence-electron chi connectivity index (χ4n) is 1.23. The Morgan fingerprint density at radius 1 is 1.31 bits per heavy atom. The molecule has 0 saturated heterocycles. The van der Waals surface area contributed by atoms with Crippen LogP contribution in [0.2, 0.25) is 0 Å². The molecule has 0 aromatic carbocycles. The largest absolute Gasteiger partial charge is 0.475 e. The minimum atomic E-state index is 0.106. The zero-order valence-electron chi connectivity index (χ0n) is 9.29. The first-order chi connectivity index (χ1) is 7.74. The Balaban J connectivity index is 2.10. The van der Waals surface area contributed by atoms with Gasteiger partial charge in [-0.05, 0) is 26.0 Å². The number of nitrogens with one attached hydrogen (secondary N) is 1. The maximum Gasteiger partial charge on any atom is 0.245 e. The Labute approximate surface area is 94.1 Å². The normalized spacial score (nSPS) is 10.4. The highest BCUT2D eigenvalue weighted by molar-refractivity contribution is 5.27. The molecule has 0 aliphatic carbocycles. The Bertz CT molecular complexity index is 439. The van der Waals surface area contributed by atoms with E-state index in [1.54, 1.807) is 16.9 Å². The van der Waals surface area contributed by atoms with E-state index in [-0.39, 0.29) is 6.10 Å². The Morgan fingerprint density at radius 3 is 2.75 bits per heavy atom. The van der Waals surface area contributed by atoms with Crippen LogP contribution in [-0.4, -0.2) is 20.7 Å². The van der Waals surface area contributed by atoms with E-state index >= 15 is 0 Å². The van der Waals surface area contributed by atoms with Gasteiger partial charge in [0.05, 0.1) is 6.10 Å². The first kappa shape index (κ1) is 10.5. The van der Waals surface area contributed by atoms with Gasteiger partial charge in [-0.15, -0.1) is 0 Å². The fourth-order valence-corrected chi connectivity index (χ4v) is 1.23. The van der Waals surface area contributed by atoms with Crippen molar-refractivity contribution in [3.63, 3.8) is 0 Å². The highest BCUT2D eigenvalue weighted by atomic mass is 16.5. The van der Waals surface area contributed by atoms with Crippen LogP contribution in [0.4, 0.5) is 5.95 Å². The van der Waals surface area contributed by atoms with Crippen LogP contribution in [0.15, 0.2) is 36.8 Å². The highest BCUT2D eigenvalue weighted by Gasteiger charge is 2.01. The van der Waals surface area contributed by atoms with Crippen LogP contribution >= 0.6 is 0 Å². The first-order valence-corrected chi connectivity index (χ1v) is 5.14. The quantitative estimate of drug-likeness (QED) is 0.852. The summed E-state index contributed by atoms with van der Waals surface area (Å²) < 4.78 is 7.25. The van der Waals surface area contributed by atoms with Crippen LogP contribution in [0.25, 0.3) is 0 Å². The summed E-state index contributed by atoms with van der Waals surface area (Å²) in [5.41, 5.74) is 3.01. The molecule has 0 aliphatic heterocycles. The summed E-state index contributed by atoms with van der Waals surface area (Å²) in [5.74, 6) is 1.08. The number of ether oxygens (including phenoxy) is 1. The van der Waals surface area contributed by atoms with Crippen LogP contribution in [0.5, 0.6) is 5.88 Å². The first-order valence-electron chi connectivity index (χ1n) is 5.14. The van der Waals surface area contributed by atoms with Crippen molar-refractivity contribution in [3.05, 3.63) is 36.8 Å². The van der Waals surface area contributed by atoms with Crippen molar-refractivity contribution in [1.29, 1.82) is 0 Å². The predicted octanol–water partition coefficient (Wildman–Crippen LogP) is 1.94. The number of rotatable bonds is 4. The summed E-state index contributed by atoms with van der Waals surface area (Å²) in [5, 5.41) is 0. The van der Waals surface area contributed by atoms with E-state index in [1.165, 1.54) is 0 Å². The van der Waals surface area contributed by atoms with Crippen molar-refractivity contribution in [2.45, 2.75) is 20.0 Å². The lowest BCUT2D eigenvalue weighted by Gasteiger charge is -2.10. The van der Waals surface area contributed by atoms with Crippen LogP contribution < -0.4 is 10.2 Å². The summed E-state index contributed by atoms with van der Waals surface area (Å²) in [6, 6.07) is 5.57. The number of aromatic nitrogens is 3. The van der Waals surface area contributed by atoms with E-state index in [9.17, 15) is 0 Å². The second kappa shape index (κ2) is 4.65. The molecular weight excluding hydrogens is 204 g/mol. The van der Waals surface area contributed by atoms with Crippen molar-refractivity contribution in [1.82, 2.24) is 14.6 Å². The predicted molar refractivity (Wildman–Crippen MR) is 61.2 cm³/mol. The molecule has 5 nitrogen and oxygen atoms in total. The molecule has 84 valence electrons. The van der Waals surface area contributed by atoms with Gasteiger partial charge >= 0.3 is 0 Å². The molecule has 5 heteroatoms. The van der Waals surface area contributed by atoms with E-state index in [4.69, 9.17) is 4.74 Å². The van der Waals surface area contributed by atoms with E-state index in [0.717, 1.165) is 0 Å². The molecule has 0 saturated carbocycles. The molecule has 0 spiro atoms. The molecule has 0 amide bonds. The van der Waals surface area contributed by atoms with Crippen molar-refractivity contribution in [3.8, 4) is 5.88 Å². The Morgan fingerprint density at radius 2 is 2.06 bits per heavy atom. The molecule has 0 unspecified atom stereocenters. The molecule has 2 rings (SSSR count). The Kier molecular flexibility index (Phi) is 3.05. The molecule has 0 radical (unpaired) electrons. The fraction of sp³-hybridized carbons (Fsp3) is 0.273. The summed E-state index contributed by atoms with van der Waals surface area (Å²) in [4.78, 5) is 8.32. The van der Waals surface area contributed by atoms with Crippen LogP contribution in [-0.2, 0) is 0 Å². The molecule has 1 N–H and O–H groups in total. The topological polar surface area (TPSA) is 52.0 Å². The van der Waals surface area contributed by atoms with E-state index < -0.39 is 0 Å². The average molecular weight is 218 g/mol. The van der Waals surface area contributed by atoms with E-state index in [2.05, 4.69) is 15.4 Å². The second-order valence-electron chi connectivity index (χ2n) is 3.59. The lowest BCUT2D eigenvalue weighted by molar-refractivity contribution is 0.232. The Hall–Kier alpha value is -2.04. The van der Waals surface area contributed by atoms with Gasteiger partial charge in [0, 0.05) is 24.7 Å². The maximum absolute atomic E-state index is 5.47. The zero-order valence-corrected chi connectivity index (χ0v) is 9.29. The number of nitrogens with zero attached hydrogens (tertiary/aromatic N) is 3. The van der Waals surface area contributed by atoms with Crippen molar-refractivity contribution in [2.75, 3.05) is 5.43 Å². The molecule has 0 atom stereocenters. The average Bonchev–Trinajstić information content (AvgIpc) is 2.70. The highest BCUT2D eigenvalue weighted by Crippen LogP contribution is 2.10. The van der Waals surface area contributed by atoms with Crippen LogP contribution in [0.3, 0.4) is 0 Å². The van der Waals surface area contributed by atoms with Crippen LogP contribution in [0.1, 0.15) is 13.8 Å². The molecule has 2 aromatic heterocycles.